The lowest BCUT2D eigenvalue weighted by Crippen LogP contribution is -2.14. The van der Waals surface area contributed by atoms with Crippen LogP contribution >= 0.6 is 34.4 Å². The van der Waals surface area contributed by atoms with Crippen LogP contribution < -0.4 is 10.6 Å². The Morgan fingerprint density at radius 1 is 0.964 bits per heavy atom. The number of nitrogens with one attached hydrogen (secondary N) is 2. The Hall–Kier alpha value is -2.37. The first-order valence-electron chi connectivity index (χ1n) is 8.49. The molecule has 3 rings (SSSR count). The van der Waals surface area contributed by atoms with Crippen molar-refractivity contribution in [3.05, 3.63) is 45.9 Å². The van der Waals surface area contributed by atoms with Crippen molar-refractivity contribution in [1.29, 1.82) is 0 Å². The minimum atomic E-state index is -0.0937. The highest BCUT2D eigenvalue weighted by molar-refractivity contribution is 7.99. The van der Waals surface area contributed by atoms with Gasteiger partial charge in [-0.25, -0.2) is 0 Å². The molecule has 0 fully saturated rings. The lowest BCUT2D eigenvalue weighted by molar-refractivity contribution is -0.115. The zero-order valence-electron chi connectivity index (χ0n) is 14.8. The Bertz CT molecular complexity index is 899. The predicted molar refractivity (Wildman–Crippen MR) is 113 cm³/mol. The molecule has 0 aliphatic heterocycles. The van der Waals surface area contributed by atoms with Gasteiger partial charge in [0.25, 0.3) is 0 Å². The van der Waals surface area contributed by atoms with Crippen molar-refractivity contribution in [3.63, 3.8) is 0 Å². The van der Waals surface area contributed by atoms with E-state index < -0.39 is 0 Å². The minimum absolute atomic E-state index is 0.0937. The van der Waals surface area contributed by atoms with E-state index in [9.17, 15) is 9.59 Å². The van der Waals surface area contributed by atoms with Gasteiger partial charge in [0.15, 0.2) is 0 Å². The molecule has 2 N–H and O–H groups in total. The molecule has 0 aliphatic rings. The molecule has 146 valence electrons. The molecule has 2 heterocycles. The van der Waals surface area contributed by atoms with E-state index >= 15 is 0 Å². The van der Waals surface area contributed by atoms with Crippen molar-refractivity contribution < 1.29 is 9.59 Å². The topological polar surface area (TPSA) is 110 Å². The highest BCUT2D eigenvalue weighted by Gasteiger charge is 2.09. The molecule has 2 aromatic heterocycles. The van der Waals surface area contributed by atoms with Crippen LogP contribution in [0.3, 0.4) is 0 Å². The number of anilines is 2. The lowest BCUT2D eigenvalue weighted by Gasteiger charge is -2.00. The number of thioether (sulfide) groups is 1. The largest absolute Gasteiger partial charge is 0.303 e. The van der Waals surface area contributed by atoms with Crippen LogP contribution in [0.5, 0.6) is 0 Å². The third-order valence-corrected chi connectivity index (χ3v) is 6.29. The van der Waals surface area contributed by atoms with Gasteiger partial charge < -0.3 is 10.6 Å². The summed E-state index contributed by atoms with van der Waals surface area (Å²) in [6.07, 6.45) is 2.52. The van der Waals surface area contributed by atoms with Crippen LogP contribution in [0.1, 0.15) is 15.6 Å². The van der Waals surface area contributed by atoms with Crippen LogP contribution in [-0.4, -0.2) is 44.2 Å². The number of carbonyl (C=O) groups excluding carboxylic acids is 2. The van der Waals surface area contributed by atoms with E-state index in [1.54, 1.807) is 11.8 Å². The number of aryl methyl sites for hydroxylation is 2. The van der Waals surface area contributed by atoms with Gasteiger partial charge in [-0.15, -0.1) is 20.4 Å². The number of hydrogen-bond acceptors (Lipinski definition) is 9. The Labute approximate surface area is 174 Å². The maximum Gasteiger partial charge on any atom is 0.230 e. The standard InChI is InChI=1S/C17H18N6O2S3/c24-11-18-16-22-20-14(27-16)6-8-26-9-7-15-21-23-17(28-15)19-13(25)10-12-4-2-1-3-5-12/h1-5,11H,6-10H2,(H,18,22,24)(H,19,23,25). The molecule has 3 aromatic rings. The van der Waals surface area contributed by atoms with Gasteiger partial charge in [-0.1, -0.05) is 53.0 Å². The number of hydrogen-bond donors (Lipinski definition) is 2. The lowest BCUT2D eigenvalue weighted by atomic mass is 10.1. The number of nitrogens with zero attached hydrogens (tertiary/aromatic N) is 4. The normalized spacial score (nSPS) is 10.6. The van der Waals surface area contributed by atoms with Crippen molar-refractivity contribution in [2.24, 2.45) is 0 Å². The summed E-state index contributed by atoms with van der Waals surface area (Å²) >= 11 is 4.58. The summed E-state index contributed by atoms with van der Waals surface area (Å²) in [6, 6.07) is 9.59. The van der Waals surface area contributed by atoms with Crippen LogP contribution in [0.25, 0.3) is 0 Å². The molecule has 0 saturated heterocycles. The van der Waals surface area contributed by atoms with Crippen molar-refractivity contribution in [2.75, 3.05) is 22.1 Å². The van der Waals surface area contributed by atoms with Crippen molar-refractivity contribution >= 4 is 57.0 Å². The first kappa shape index (κ1) is 20.4. The van der Waals surface area contributed by atoms with Gasteiger partial charge in [-0.2, -0.15) is 11.8 Å². The molecular weight excluding hydrogens is 416 g/mol. The fourth-order valence-corrected chi connectivity index (χ4v) is 4.83. The quantitative estimate of drug-likeness (QED) is 0.353. The predicted octanol–water partition coefficient (Wildman–Crippen LogP) is 2.66. The van der Waals surface area contributed by atoms with E-state index in [1.165, 1.54) is 22.7 Å². The third-order valence-electron chi connectivity index (χ3n) is 3.49. The highest BCUT2D eigenvalue weighted by atomic mass is 32.2. The van der Waals surface area contributed by atoms with E-state index in [0.29, 0.717) is 23.1 Å². The van der Waals surface area contributed by atoms with Gasteiger partial charge in [-0.05, 0) is 17.1 Å². The molecule has 0 aliphatic carbocycles. The summed E-state index contributed by atoms with van der Waals surface area (Å²) in [7, 11) is 0. The van der Waals surface area contributed by atoms with Crippen LogP contribution in [0.15, 0.2) is 30.3 Å². The summed E-state index contributed by atoms with van der Waals surface area (Å²) in [5.74, 6) is 1.73. The van der Waals surface area contributed by atoms with Crippen LogP contribution in [0, 0.1) is 0 Å². The Kier molecular flexibility index (Phi) is 7.88. The minimum Gasteiger partial charge on any atom is -0.303 e. The van der Waals surface area contributed by atoms with Crippen LogP contribution in [-0.2, 0) is 28.9 Å². The van der Waals surface area contributed by atoms with Crippen LogP contribution in [0.2, 0.25) is 0 Å². The monoisotopic (exact) mass is 434 g/mol. The summed E-state index contributed by atoms with van der Waals surface area (Å²) < 4.78 is 0. The first-order valence-corrected chi connectivity index (χ1v) is 11.3. The second-order valence-corrected chi connectivity index (χ2v) is 8.94. The maximum atomic E-state index is 12.1. The molecule has 8 nitrogen and oxygen atoms in total. The number of aromatic nitrogens is 4. The number of amides is 2. The van der Waals surface area contributed by atoms with Gasteiger partial charge in [0, 0.05) is 12.8 Å². The van der Waals surface area contributed by atoms with Gasteiger partial charge in [-0.3, -0.25) is 9.59 Å². The molecule has 0 spiro atoms. The van der Waals surface area contributed by atoms with E-state index in [0.717, 1.165) is 39.9 Å². The number of rotatable bonds is 11. The SMILES string of the molecule is O=CNc1nnc(CCSCCc2nnc(NC(=O)Cc3ccccc3)s2)s1. The Morgan fingerprint density at radius 2 is 1.61 bits per heavy atom. The zero-order valence-corrected chi connectivity index (χ0v) is 17.3. The zero-order chi connectivity index (χ0) is 19.6. The molecule has 2 amide bonds. The van der Waals surface area contributed by atoms with Crippen molar-refractivity contribution in [2.45, 2.75) is 19.3 Å². The summed E-state index contributed by atoms with van der Waals surface area (Å²) in [5.41, 5.74) is 0.964. The number of benzene rings is 1. The molecule has 0 unspecified atom stereocenters. The summed E-state index contributed by atoms with van der Waals surface area (Å²) in [6.45, 7) is 0. The van der Waals surface area contributed by atoms with Gasteiger partial charge in [0.1, 0.15) is 10.0 Å². The van der Waals surface area contributed by atoms with Gasteiger partial charge >= 0.3 is 0 Å². The molecule has 28 heavy (non-hydrogen) atoms. The summed E-state index contributed by atoms with van der Waals surface area (Å²) in [5, 5.41) is 24.2. The average molecular weight is 435 g/mol. The fourth-order valence-electron chi connectivity index (χ4n) is 2.23. The molecule has 0 radical (unpaired) electrons. The van der Waals surface area contributed by atoms with E-state index in [-0.39, 0.29) is 5.91 Å². The van der Waals surface area contributed by atoms with Crippen molar-refractivity contribution in [1.82, 2.24) is 20.4 Å². The highest BCUT2D eigenvalue weighted by Crippen LogP contribution is 2.19. The number of carbonyl (C=O) groups is 2. The van der Waals surface area contributed by atoms with E-state index in [4.69, 9.17) is 0 Å². The third kappa shape index (κ3) is 6.66. The van der Waals surface area contributed by atoms with Crippen LogP contribution in [0.4, 0.5) is 10.3 Å². The van der Waals surface area contributed by atoms with E-state index in [2.05, 4.69) is 31.0 Å². The molecular formula is C17H18N6O2S3. The smallest absolute Gasteiger partial charge is 0.230 e. The van der Waals surface area contributed by atoms with E-state index in [1.807, 2.05) is 30.3 Å². The summed E-state index contributed by atoms with van der Waals surface area (Å²) in [4.78, 5) is 22.4. The average Bonchev–Trinajstić information content (AvgIpc) is 3.32. The molecule has 11 heteroatoms. The molecule has 0 saturated carbocycles. The molecule has 0 bridgehead atoms. The van der Waals surface area contributed by atoms with Crippen molar-refractivity contribution in [3.8, 4) is 0 Å². The maximum absolute atomic E-state index is 12.1. The van der Waals surface area contributed by atoms with Gasteiger partial charge in [0.2, 0.25) is 22.6 Å². The second kappa shape index (κ2) is 10.8. The Balaban J connectivity index is 1.34. The fraction of sp³-hybridized carbons (Fsp3) is 0.294. The molecule has 1 aromatic carbocycles. The second-order valence-electron chi connectivity index (χ2n) is 5.59. The molecule has 0 atom stereocenters. The van der Waals surface area contributed by atoms with Gasteiger partial charge in [0.05, 0.1) is 6.42 Å². The first-order chi connectivity index (χ1) is 13.7. The Morgan fingerprint density at radius 3 is 2.29 bits per heavy atom.